The third-order valence-electron chi connectivity index (χ3n) is 5.05. The smallest absolute Gasteiger partial charge is 0.273 e. The predicted molar refractivity (Wildman–Crippen MR) is 120 cm³/mol. The van der Waals surface area contributed by atoms with Gasteiger partial charge < -0.3 is 24.1 Å². The second kappa shape index (κ2) is 16.7. The first-order chi connectivity index (χ1) is 15.1. The van der Waals surface area contributed by atoms with Crippen LogP contribution < -0.4 is 5.32 Å². The fraction of sp³-hybridized carbons (Fsp3) is 0.783. The second-order valence-electron chi connectivity index (χ2n) is 7.49. The molecule has 0 fully saturated rings. The third kappa shape index (κ3) is 10.8. The van der Waals surface area contributed by atoms with E-state index in [1.807, 2.05) is 13.8 Å². The van der Waals surface area contributed by atoms with Crippen LogP contribution in [0.3, 0.4) is 0 Å². The number of nitrogens with one attached hydrogen (secondary N) is 1. The van der Waals surface area contributed by atoms with E-state index in [9.17, 15) is 9.59 Å². The van der Waals surface area contributed by atoms with Crippen LogP contribution in [0.15, 0.2) is 10.7 Å². The molecule has 8 nitrogen and oxygen atoms in total. The van der Waals surface area contributed by atoms with Gasteiger partial charge in [-0.15, -0.1) is 0 Å². The Bertz CT molecular complexity index is 620. The van der Waals surface area contributed by atoms with E-state index in [0.29, 0.717) is 45.4 Å². The van der Waals surface area contributed by atoms with E-state index in [4.69, 9.17) is 13.9 Å². The van der Waals surface area contributed by atoms with Crippen molar-refractivity contribution in [2.45, 2.75) is 72.8 Å². The molecule has 0 aliphatic carbocycles. The van der Waals surface area contributed by atoms with E-state index in [-0.39, 0.29) is 30.0 Å². The molecule has 1 rings (SSSR count). The van der Waals surface area contributed by atoms with Crippen molar-refractivity contribution in [3.05, 3.63) is 17.8 Å². The molecule has 1 heterocycles. The zero-order chi connectivity index (χ0) is 22.9. The van der Waals surface area contributed by atoms with Crippen molar-refractivity contribution in [2.75, 3.05) is 39.5 Å². The number of hydrogen-bond acceptors (Lipinski definition) is 6. The molecule has 0 radical (unpaired) electrons. The highest BCUT2D eigenvalue weighted by Crippen LogP contribution is 2.18. The number of nitrogens with zero attached hydrogens (tertiary/aromatic N) is 2. The number of rotatable bonds is 18. The summed E-state index contributed by atoms with van der Waals surface area (Å²) in [5.41, 5.74) is 0.228. The van der Waals surface area contributed by atoms with E-state index >= 15 is 0 Å². The van der Waals surface area contributed by atoms with Gasteiger partial charge in [-0.3, -0.25) is 9.59 Å². The Kier molecular flexibility index (Phi) is 14.6. The van der Waals surface area contributed by atoms with Gasteiger partial charge in [-0.25, -0.2) is 4.98 Å². The molecule has 1 atom stereocenters. The van der Waals surface area contributed by atoms with Crippen LogP contribution in [-0.4, -0.2) is 61.2 Å². The lowest BCUT2D eigenvalue weighted by Gasteiger charge is -2.26. The third-order valence-corrected chi connectivity index (χ3v) is 5.05. The van der Waals surface area contributed by atoms with Gasteiger partial charge in [0.2, 0.25) is 11.8 Å². The molecule has 0 saturated carbocycles. The SMILES string of the molecule is CCCCC(CC)C(=O)N(CCCOCC)Cc1nc(C(=O)NCCCOCC)co1. The number of amides is 2. The molecule has 178 valence electrons. The lowest BCUT2D eigenvalue weighted by Crippen LogP contribution is -2.37. The summed E-state index contributed by atoms with van der Waals surface area (Å²) in [6.07, 6.45) is 6.63. The van der Waals surface area contributed by atoms with Crippen LogP contribution in [0.5, 0.6) is 0 Å². The first-order valence-electron chi connectivity index (χ1n) is 11.7. The molecule has 0 aliphatic rings. The maximum Gasteiger partial charge on any atom is 0.273 e. The first-order valence-corrected chi connectivity index (χ1v) is 11.7. The quantitative estimate of drug-likeness (QED) is 0.350. The monoisotopic (exact) mass is 439 g/mol. The van der Waals surface area contributed by atoms with Gasteiger partial charge in [0.05, 0.1) is 6.54 Å². The van der Waals surface area contributed by atoms with Gasteiger partial charge in [0.1, 0.15) is 6.26 Å². The minimum Gasteiger partial charge on any atom is -0.446 e. The number of aromatic nitrogens is 1. The maximum atomic E-state index is 13.1. The topological polar surface area (TPSA) is 93.9 Å². The highest BCUT2D eigenvalue weighted by molar-refractivity contribution is 5.91. The average molecular weight is 440 g/mol. The van der Waals surface area contributed by atoms with Crippen molar-refractivity contribution in [2.24, 2.45) is 5.92 Å². The molecule has 1 aromatic heterocycles. The highest BCUT2D eigenvalue weighted by atomic mass is 16.5. The molecule has 2 amide bonds. The molecule has 0 bridgehead atoms. The Balaban J connectivity index is 2.70. The van der Waals surface area contributed by atoms with Crippen molar-refractivity contribution < 1.29 is 23.5 Å². The Hall–Kier alpha value is -1.93. The van der Waals surface area contributed by atoms with Crippen molar-refractivity contribution >= 4 is 11.8 Å². The van der Waals surface area contributed by atoms with E-state index in [0.717, 1.165) is 38.5 Å². The van der Waals surface area contributed by atoms with E-state index in [1.54, 1.807) is 4.90 Å². The molecule has 8 heteroatoms. The molecular weight excluding hydrogens is 398 g/mol. The summed E-state index contributed by atoms with van der Waals surface area (Å²) in [5, 5.41) is 2.81. The minimum atomic E-state index is -0.282. The van der Waals surface area contributed by atoms with Crippen molar-refractivity contribution in [3.8, 4) is 0 Å². The summed E-state index contributed by atoms with van der Waals surface area (Å²) in [4.78, 5) is 31.5. The number of carbonyl (C=O) groups is 2. The zero-order valence-electron chi connectivity index (χ0n) is 19.8. The van der Waals surface area contributed by atoms with Gasteiger partial charge in [0.25, 0.3) is 5.91 Å². The first kappa shape index (κ1) is 27.1. The van der Waals surface area contributed by atoms with Crippen LogP contribution in [-0.2, 0) is 20.8 Å². The summed E-state index contributed by atoms with van der Waals surface area (Å²) in [6.45, 7) is 11.9. The highest BCUT2D eigenvalue weighted by Gasteiger charge is 2.24. The minimum absolute atomic E-state index is 0.00452. The summed E-state index contributed by atoms with van der Waals surface area (Å²) in [5.74, 6) is 0.201. The number of unbranched alkanes of at least 4 members (excludes halogenated alkanes) is 1. The molecule has 0 aliphatic heterocycles. The lowest BCUT2D eigenvalue weighted by atomic mass is 9.97. The van der Waals surface area contributed by atoms with Gasteiger partial charge in [0, 0.05) is 45.4 Å². The number of carbonyl (C=O) groups excluding carboxylic acids is 2. The van der Waals surface area contributed by atoms with E-state index in [2.05, 4.69) is 24.1 Å². The lowest BCUT2D eigenvalue weighted by molar-refractivity contribution is -0.137. The fourth-order valence-electron chi connectivity index (χ4n) is 3.24. The molecule has 31 heavy (non-hydrogen) atoms. The van der Waals surface area contributed by atoms with Crippen LogP contribution >= 0.6 is 0 Å². The number of hydrogen-bond donors (Lipinski definition) is 1. The Morgan fingerprint density at radius 1 is 1.10 bits per heavy atom. The van der Waals surface area contributed by atoms with Crippen LogP contribution in [0.4, 0.5) is 0 Å². The van der Waals surface area contributed by atoms with Gasteiger partial charge in [0.15, 0.2) is 5.69 Å². The largest absolute Gasteiger partial charge is 0.446 e. The summed E-state index contributed by atoms with van der Waals surface area (Å²) in [6, 6.07) is 0. The average Bonchev–Trinajstić information content (AvgIpc) is 3.24. The summed E-state index contributed by atoms with van der Waals surface area (Å²) < 4.78 is 16.2. The van der Waals surface area contributed by atoms with Crippen molar-refractivity contribution in [1.29, 1.82) is 0 Å². The zero-order valence-corrected chi connectivity index (χ0v) is 19.8. The summed E-state index contributed by atoms with van der Waals surface area (Å²) >= 11 is 0. The molecular formula is C23H41N3O5. The maximum absolute atomic E-state index is 13.1. The molecule has 1 unspecified atom stereocenters. The van der Waals surface area contributed by atoms with E-state index < -0.39 is 0 Å². The second-order valence-corrected chi connectivity index (χ2v) is 7.49. The van der Waals surface area contributed by atoms with Gasteiger partial charge in [-0.2, -0.15) is 0 Å². The molecule has 1 N–H and O–H groups in total. The van der Waals surface area contributed by atoms with Crippen LogP contribution in [0.2, 0.25) is 0 Å². The van der Waals surface area contributed by atoms with Gasteiger partial charge in [-0.1, -0.05) is 26.7 Å². The molecule has 0 spiro atoms. The standard InChI is InChI=1S/C23H41N3O5/c1-5-9-12-19(6-2)23(28)26(14-11-16-30-8-4)17-21-25-20(18-31-21)22(27)24-13-10-15-29-7-3/h18-19H,5-17H2,1-4H3,(H,24,27). The molecule has 0 saturated heterocycles. The summed E-state index contributed by atoms with van der Waals surface area (Å²) in [7, 11) is 0. The van der Waals surface area contributed by atoms with Crippen molar-refractivity contribution in [1.82, 2.24) is 15.2 Å². The Morgan fingerprint density at radius 3 is 2.45 bits per heavy atom. The van der Waals surface area contributed by atoms with Crippen LogP contribution in [0.25, 0.3) is 0 Å². The van der Waals surface area contributed by atoms with Crippen LogP contribution in [0, 0.1) is 5.92 Å². The molecule has 1 aromatic rings. The number of ether oxygens (including phenoxy) is 2. The van der Waals surface area contributed by atoms with Crippen LogP contribution in [0.1, 0.15) is 82.6 Å². The van der Waals surface area contributed by atoms with Gasteiger partial charge in [-0.05, 0) is 39.5 Å². The Morgan fingerprint density at radius 2 is 1.81 bits per heavy atom. The predicted octanol–water partition coefficient (Wildman–Crippen LogP) is 3.80. The molecule has 0 aromatic carbocycles. The van der Waals surface area contributed by atoms with Crippen molar-refractivity contribution in [3.63, 3.8) is 0 Å². The van der Waals surface area contributed by atoms with Gasteiger partial charge >= 0.3 is 0 Å². The number of oxazole rings is 1. The van der Waals surface area contributed by atoms with E-state index in [1.165, 1.54) is 6.26 Å². The fourth-order valence-corrected chi connectivity index (χ4v) is 3.24. The normalized spacial score (nSPS) is 12.0. The Labute approximate surface area is 187 Å².